The van der Waals surface area contributed by atoms with Crippen LogP contribution in [0.5, 0.6) is 5.75 Å². The van der Waals surface area contributed by atoms with Crippen molar-refractivity contribution in [3.63, 3.8) is 0 Å². The topological polar surface area (TPSA) is 177 Å². The van der Waals surface area contributed by atoms with E-state index in [1.165, 1.54) is 0 Å². The first kappa shape index (κ1) is 21.6. The van der Waals surface area contributed by atoms with Gasteiger partial charge in [0.2, 0.25) is 5.96 Å². The van der Waals surface area contributed by atoms with Crippen LogP contribution in [0.1, 0.15) is 29.2 Å². The number of pyridine rings is 1. The zero-order chi connectivity index (χ0) is 22.7. The van der Waals surface area contributed by atoms with E-state index in [-0.39, 0.29) is 29.3 Å². The molecule has 0 bridgehead atoms. The molecule has 1 fully saturated rings. The second-order valence-corrected chi connectivity index (χ2v) is 7.81. The number of halogens is 1. The molecule has 4 rings (SSSR count). The minimum atomic E-state index is -0.714. The minimum absolute atomic E-state index is 0.0181. The number of nitriles is 2. The number of ether oxygens (including phenoxy) is 3. The summed E-state index contributed by atoms with van der Waals surface area (Å²) in [7, 11) is 0. The number of hydrogen-bond donors (Lipinski definition) is 4. The largest absolute Gasteiger partial charge is 0.493 e. The lowest BCUT2D eigenvalue weighted by atomic mass is 9.94. The van der Waals surface area contributed by atoms with Gasteiger partial charge in [-0.25, -0.2) is 9.98 Å². The van der Waals surface area contributed by atoms with Crippen molar-refractivity contribution < 1.29 is 14.2 Å². The first-order chi connectivity index (χ1) is 15.5. The Bertz CT molecular complexity index is 1150. The normalized spacial score (nSPS) is 17.5. The fraction of sp³-hybridized carbons (Fsp3) is 0.300. The quantitative estimate of drug-likeness (QED) is 0.351. The third-order valence-corrected chi connectivity index (χ3v) is 5.42. The molecule has 2 aliphatic heterocycles. The Hall–Kier alpha value is -3.58. The Morgan fingerprint density at radius 3 is 2.78 bits per heavy atom. The Kier molecular flexibility index (Phi) is 6.28. The van der Waals surface area contributed by atoms with Gasteiger partial charge in [-0.2, -0.15) is 10.5 Å². The Balaban J connectivity index is 1.75. The number of guanidine groups is 1. The zero-order valence-corrected chi connectivity index (χ0v) is 18.3. The molecule has 0 radical (unpaired) electrons. The fourth-order valence-corrected chi connectivity index (χ4v) is 3.89. The molecule has 12 heteroatoms. The first-order valence-corrected chi connectivity index (χ1v) is 10.5. The van der Waals surface area contributed by atoms with Gasteiger partial charge in [-0.1, -0.05) is 15.9 Å². The van der Waals surface area contributed by atoms with E-state index in [1.54, 1.807) is 6.07 Å². The lowest BCUT2D eigenvalue weighted by molar-refractivity contribution is -0.0532. The van der Waals surface area contributed by atoms with Crippen LogP contribution in [0.4, 0.5) is 17.3 Å². The Labute approximate surface area is 192 Å². The van der Waals surface area contributed by atoms with Crippen molar-refractivity contribution >= 4 is 39.2 Å². The van der Waals surface area contributed by atoms with Crippen molar-refractivity contribution in [2.24, 2.45) is 4.99 Å². The Morgan fingerprint density at radius 1 is 1.28 bits per heavy atom. The van der Waals surface area contributed by atoms with Crippen LogP contribution in [-0.4, -0.2) is 37.1 Å². The van der Waals surface area contributed by atoms with E-state index >= 15 is 0 Å². The van der Waals surface area contributed by atoms with Crippen molar-refractivity contribution in [2.75, 3.05) is 36.6 Å². The summed E-state index contributed by atoms with van der Waals surface area (Å²) < 4.78 is 17.7. The van der Waals surface area contributed by atoms with Crippen LogP contribution in [0.2, 0.25) is 0 Å². The lowest BCUT2D eigenvalue weighted by Crippen LogP contribution is -2.33. The molecule has 2 aliphatic rings. The zero-order valence-electron chi connectivity index (χ0n) is 16.8. The predicted octanol–water partition coefficient (Wildman–Crippen LogP) is 1.96. The molecule has 11 nitrogen and oxygen atoms in total. The summed E-state index contributed by atoms with van der Waals surface area (Å²) in [6.07, 6.45) is 2.09. The highest BCUT2D eigenvalue weighted by Crippen LogP contribution is 2.43. The number of anilines is 3. The number of rotatable bonds is 5. The summed E-state index contributed by atoms with van der Waals surface area (Å²) in [5.41, 5.74) is 13.6. The van der Waals surface area contributed by atoms with Gasteiger partial charge in [0.1, 0.15) is 35.1 Å². The summed E-state index contributed by atoms with van der Waals surface area (Å²) >= 11 is 3.48. The van der Waals surface area contributed by atoms with Crippen molar-refractivity contribution in [3.8, 4) is 18.0 Å². The second-order valence-electron chi connectivity index (χ2n) is 6.89. The number of benzene rings is 1. The number of aliphatic imine (C=N–C) groups is 1. The number of hydrogen-bond acceptors (Lipinski definition) is 11. The highest BCUT2D eigenvalue weighted by atomic mass is 79.9. The van der Waals surface area contributed by atoms with Crippen LogP contribution >= 0.6 is 15.9 Å². The molecule has 32 heavy (non-hydrogen) atoms. The number of nitrogens with one attached hydrogen (secondary N) is 2. The molecular weight excluding hydrogens is 480 g/mol. The Morgan fingerprint density at radius 2 is 2.06 bits per heavy atom. The van der Waals surface area contributed by atoms with E-state index in [2.05, 4.69) is 36.5 Å². The number of fused-ring (bicyclic) bond motifs is 1. The van der Waals surface area contributed by atoms with Gasteiger partial charge < -0.3 is 31.0 Å². The van der Waals surface area contributed by atoms with Crippen LogP contribution in [-0.2, 0) is 9.47 Å². The SMILES string of the molecule is N#CNC1=NC(c2cc(Br)ccc2OCCC2OCCO2)c2c(nc(N)c(C#N)c2N)N1. The van der Waals surface area contributed by atoms with Crippen LogP contribution in [0, 0.1) is 22.8 Å². The highest BCUT2D eigenvalue weighted by Gasteiger charge is 2.31. The maximum absolute atomic E-state index is 9.50. The molecule has 6 N–H and O–H groups in total. The number of nitrogens with two attached hydrogens (primary N) is 2. The molecule has 1 unspecified atom stereocenters. The van der Waals surface area contributed by atoms with Gasteiger partial charge >= 0.3 is 0 Å². The van der Waals surface area contributed by atoms with E-state index in [0.29, 0.717) is 48.9 Å². The smallest absolute Gasteiger partial charge is 0.211 e. The number of nitrogens with zero attached hydrogens (tertiary/aromatic N) is 4. The number of nitrogen functional groups attached to an aromatic ring is 2. The monoisotopic (exact) mass is 498 g/mol. The summed E-state index contributed by atoms with van der Waals surface area (Å²) in [5, 5.41) is 24.0. The molecule has 0 saturated carbocycles. The van der Waals surface area contributed by atoms with E-state index in [1.807, 2.05) is 24.4 Å². The summed E-state index contributed by atoms with van der Waals surface area (Å²) in [5.74, 6) is 1.00. The van der Waals surface area contributed by atoms with Crippen molar-refractivity contribution in [2.45, 2.75) is 18.8 Å². The second kappa shape index (κ2) is 9.28. The van der Waals surface area contributed by atoms with Crippen molar-refractivity contribution in [1.82, 2.24) is 10.3 Å². The minimum Gasteiger partial charge on any atom is -0.493 e. The van der Waals surface area contributed by atoms with Crippen LogP contribution in [0.15, 0.2) is 27.7 Å². The molecule has 3 heterocycles. The molecule has 0 amide bonds. The first-order valence-electron chi connectivity index (χ1n) is 9.66. The van der Waals surface area contributed by atoms with Gasteiger partial charge in [0.25, 0.3) is 0 Å². The lowest BCUT2D eigenvalue weighted by Gasteiger charge is -2.27. The van der Waals surface area contributed by atoms with Gasteiger partial charge in [0.05, 0.1) is 25.5 Å². The van der Waals surface area contributed by atoms with Gasteiger partial charge in [0.15, 0.2) is 12.5 Å². The van der Waals surface area contributed by atoms with Crippen molar-refractivity contribution in [3.05, 3.63) is 39.4 Å². The maximum Gasteiger partial charge on any atom is 0.211 e. The molecule has 1 aromatic carbocycles. The average molecular weight is 499 g/mol. The summed E-state index contributed by atoms with van der Waals surface area (Å²) in [4.78, 5) is 8.86. The summed E-state index contributed by atoms with van der Waals surface area (Å²) in [6.45, 7) is 1.49. The number of aromatic nitrogens is 1. The van der Waals surface area contributed by atoms with Gasteiger partial charge in [-0.05, 0) is 18.2 Å². The van der Waals surface area contributed by atoms with Crippen LogP contribution in [0.25, 0.3) is 0 Å². The molecule has 2 aromatic rings. The third-order valence-electron chi connectivity index (χ3n) is 4.93. The van der Waals surface area contributed by atoms with Crippen molar-refractivity contribution in [1.29, 1.82) is 10.5 Å². The average Bonchev–Trinajstić information content (AvgIpc) is 3.28. The van der Waals surface area contributed by atoms with Crippen LogP contribution in [0.3, 0.4) is 0 Å². The van der Waals surface area contributed by atoms with E-state index in [4.69, 9.17) is 30.9 Å². The predicted molar refractivity (Wildman–Crippen MR) is 119 cm³/mol. The molecule has 1 atom stereocenters. The third kappa shape index (κ3) is 4.24. The van der Waals surface area contributed by atoms with E-state index in [9.17, 15) is 5.26 Å². The maximum atomic E-state index is 9.50. The molecule has 1 aromatic heterocycles. The van der Waals surface area contributed by atoms with E-state index < -0.39 is 6.04 Å². The molecule has 0 aliphatic carbocycles. The van der Waals surface area contributed by atoms with Gasteiger partial charge in [0, 0.05) is 22.0 Å². The fourth-order valence-electron chi connectivity index (χ4n) is 3.51. The van der Waals surface area contributed by atoms with Crippen LogP contribution < -0.4 is 26.8 Å². The van der Waals surface area contributed by atoms with Gasteiger partial charge in [-0.15, -0.1) is 0 Å². The highest BCUT2D eigenvalue weighted by molar-refractivity contribution is 9.10. The van der Waals surface area contributed by atoms with Gasteiger partial charge in [-0.3, -0.25) is 5.32 Å². The molecule has 0 spiro atoms. The summed E-state index contributed by atoms with van der Waals surface area (Å²) in [6, 6.07) is 6.76. The van der Waals surface area contributed by atoms with E-state index in [0.717, 1.165) is 4.47 Å². The molecular formula is C20H19BrN8O3. The molecule has 1 saturated heterocycles. The standard InChI is InChI=1S/C20H19BrN8O3/c21-10-1-2-13(30-4-3-14-31-5-6-32-14)11(7-10)17-15-16(24)12(8-22)18(25)28-19(15)29-20(27-17)26-9-23/h1-2,7,14,17H,3-6H2,(H6,24,25,26,27,28,29). The molecule has 164 valence electrons.